The summed E-state index contributed by atoms with van der Waals surface area (Å²) in [7, 11) is 0. The van der Waals surface area contributed by atoms with Gasteiger partial charge >= 0.3 is 0 Å². The van der Waals surface area contributed by atoms with Crippen molar-refractivity contribution in [2.45, 2.75) is 40.0 Å². The summed E-state index contributed by atoms with van der Waals surface area (Å²) in [5, 5.41) is 1.66. The fourth-order valence-corrected chi connectivity index (χ4v) is 1.10. The van der Waals surface area contributed by atoms with Gasteiger partial charge in [-0.25, -0.2) is 5.43 Å². The number of rotatable bonds is 7. The van der Waals surface area contributed by atoms with Crippen molar-refractivity contribution in [3.8, 4) is 0 Å². The number of nitrogens with one attached hydrogen (secondary N) is 1. The van der Waals surface area contributed by atoms with Crippen LogP contribution in [0.25, 0.3) is 0 Å². The highest BCUT2D eigenvalue weighted by molar-refractivity contribution is 5.91. The lowest BCUT2D eigenvalue weighted by Gasteiger charge is -2.22. The van der Waals surface area contributed by atoms with E-state index in [1.54, 1.807) is 11.9 Å². The third-order valence-corrected chi connectivity index (χ3v) is 1.89. The van der Waals surface area contributed by atoms with Gasteiger partial charge in [0, 0.05) is 18.7 Å². The van der Waals surface area contributed by atoms with Crippen LogP contribution in [-0.4, -0.2) is 24.0 Å². The molecule has 0 aromatic carbocycles. The van der Waals surface area contributed by atoms with Crippen LogP contribution >= 0.6 is 0 Å². The van der Waals surface area contributed by atoms with E-state index in [4.69, 9.17) is 0 Å². The summed E-state index contributed by atoms with van der Waals surface area (Å²) in [4.78, 5) is 11.6. The van der Waals surface area contributed by atoms with Crippen molar-refractivity contribution in [2.75, 3.05) is 13.1 Å². The minimum absolute atomic E-state index is 0.00273. The van der Waals surface area contributed by atoms with E-state index in [2.05, 4.69) is 25.9 Å². The van der Waals surface area contributed by atoms with Crippen LogP contribution < -0.4 is 5.43 Å². The van der Waals surface area contributed by atoms with Crippen molar-refractivity contribution in [3.63, 3.8) is 0 Å². The topological polar surface area (TPSA) is 32.3 Å². The number of carbonyl (C=O) groups is 1. The van der Waals surface area contributed by atoms with E-state index in [0.29, 0.717) is 5.57 Å². The lowest BCUT2D eigenvalue weighted by molar-refractivity contribution is -0.130. The van der Waals surface area contributed by atoms with Crippen LogP contribution in [0.15, 0.2) is 12.2 Å². The molecule has 0 radical (unpaired) electrons. The van der Waals surface area contributed by atoms with Crippen LogP contribution in [0.5, 0.6) is 0 Å². The Balaban J connectivity index is 4.00. The van der Waals surface area contributed by atoms with Gasteiger partial charge in [0.25, 0.3) is 5.91 Å². The van der Waals surface area contributed by atoms with Crippen molar-refractivity contribution in [2.24, 2.45) is 0 Å². The fourth-order valence-electron chi connectivity index (χ4n) is 1.10. The van der Waals surface area contributed by atoms with Gasteiger partial charge in [0.15, 0.2) is 0 Å². The summed E-state index contributed by atoms with van der Waals surface area (Å²) in [6, 6.07) is 0. The maximum absolute atomic E-state index is 11.6. The van der Waals surface area contributed by atoms with Crippen LogP contribution in [0.4, 0.5) is 0 Å². The summed E-state index contributed by atoms with van der Waals surface area (Å²) in [5.74, 6) is 0.00273. The first-order chi connectivity index (χ1) is 6.63. The normalized spacial score (nSPS) is 9.93. The smallest absolute Gasteiger partial charge is 0.262 e. The second-order valence-electron chi connectivity index (χ2n) is 3.50. The van der Waals surface area contributed by atoms with Crippen molar-refractivity contribution >= 4 is 5.91 Å². The molecule has 0 saturated heterocycles. The van der Waals surface area contributed by atoms with Crippen LogP contribution in [-0.2, 0) is 4.79 Å². The molecule has 1 amide bonds. The predicted octanol–water partition coefficient (Wildman–Crippen LogP) is 2.11. The second-order valence-corrected chi connectivity index (χ2v) is 3.50. The maximum Gasteiger partial charge on any atom is 0.262 e. The molecule has 1 N–H and O–H groups in total. The quantitative estimate of drug-likeness (QED) is 0.386. The molecule has 0 aromatic rings. The van der Waals surface area contributed by atoms with Gasteiger partial charge in [0.05, 0.1) is 0 Å². The highest BCUT2D eigenvalue weighted by atomic mass is 16.2. The lowest BCUT2D eigenvalue weighted by atomic mass is 10.3. The van der Waals surface area contributed by atoms with E-state index in [-0.39, 0.29) is 5.91 Å². The molecule has 0 spiro atoms. The Labute approximate surface area is 87.1 Å². The first-order valence-corrected chi connectivity index (χ1v) is 5.34. The van der Waals surface area contributed by atoms with Gasteiger partial charge in [0.2, 0.25) is 0 Å². The Hall–Kier alpha value is -0.830. The number of amides is 1. The maximum atomic E-state index is 11.6. The van der Waals surface area contributed by atoms with Crippen molar-refractivity contribution in [1.82, 2.24) is 10.4 Å². The molecule has 0 fully saturated rings. The average molecular weight is 198 g/mol. The molecule has 0 aromatic heterocycles. The van der Waals surface area contributed by atoms with Gasteiger partial charge in [-0.05, 0) is 19.8 Å². The third-order valence-electron chi connectivity index (χ3n) is 1.89. The van der Waals surface area contributed by atoms with Crippen molar-refractivity contribution in [1.29, 1.82) is 0 Å². The zero-order valence-electron chi connectivity index (χ0n) is 9.60. The highest BCUT2D eigenvalue weighted by Gasteiger charge is 2.11. The van der Waals surface area contributed by atoms with E-state index in [1.807, 2.05) is 0 Å². The number of carbonyl (C=O) groups excluding carboxylic acids is 1. The SMILES string of the molecule is C=C(C)C(=O)N(CCC)NCCCC. The Morgan fingerprint density at radius 1 is 1.36 bits per heavy atom. The van der Waals surface area contributed by atoms with Gasteiger partial charge in [-0.1, -0.05) is 26.8 Å². The molecule has 0 aliphatic heterocycles. The average Bonchev–Trinajstić information content (AvgIpc) is 2.15. The largest absolute Gasteiger partial charge is 0.274 e. The molecule has 3 heteroatoms. The van der Waals surface area contributed by atoms with Crippen LogP contribution in [0.1, 0.15) is 40.0 Å². The Bertz CT molecular complexity index is 190. The molecule has 0 heterocycles. The molecular formula is C11H22N2O. The summed E-state index contributed by atoms with van der Waals surface area (Å²) in [6.45, 7) is 11.2. The van der Waals surface area contributed by atoms with Gasteiger partial charge in [0.1, 0.15) is 0 Å². The molecule has 0 aliphatic carbocycles. The van der Waals surface area contributed by atoms with E-state index < -0.39 is 0 Å². The second kappa shape index (κ2) is 7.56. The minimum Gasteiger partial charge on any atom is -0.274 e. The summed E-state index contributed by atoms with van der Waals surface area (Å²) >= 11 is 0. The zero-order chi connectivity index (χ0) is 11.0. The molecule has 0 saturated carbocycles. The Kier molecular flexibility index (Phi) is 7.11. The van der Waals surface area contributed by atoms with E-state index in [1.165, 1.54) is 0 Å². The molecular weight excluding hydrogens is 176 g/mol. The van der Waals surface area contributed by atoms with Crippen molar-refractivity contribution in [3.05, 3.63) is 12.2 Å². The molecule has 0 atom stereocenters. The molecule has 0 unspecified atom stereocenters. The van der Waals surface area contributed by atoms with E-state index in [0.717, 1.165) is 32.4 Å². The Morgan fingerprint density at radius 2 is 2.00 bits per heavy atom. The van der Waals surface area contributed by atoms with Crippen LogP contribution in [0, 0.1) is 0 Å². The monoisotopic (exact) mass is 198 g/mol. The van der Waals surface area contributed by atoms with E-state index >= 15 is 0 Å². The van der Waals surface area contributed by atoms with Crippen molar-refractivity contribution < 1.29 is 4.79 Å². The predicted molar refractivity (Wildman–Crippen MR) is 59.7 cm³/mol. The zero-order valence-corrected chi connectivity index (χ0v) is 9.60. The van der Waals surface area contributed by atoms with E-state index in [9.17, 15) is 4.79 Å². The summed E-state index contributed by atoms with van der Waals surface area (Å²) in [5.41, 5.74) is 3.71. The number of nitrogens with zero attached hydrogens (tertiary/aromatic N) is 1. The van der Waals surface area contributed by atoms with Gasteiger partial charge < -0.3 is 0 Å². The van der Waals surface area contributed by atoms with Crippen LogP contribution in [0.2, 0.25) is 0 Å². The first kappa shape index (κ1) is 13.2. The molecule has 82 valence electrons. The fraction of sp³-hybridized carbons (Fsp3) is 0.727. The summed E-state index contributed by atoms with van der Waals surface area (Å²) in [6.07, 6.45) is 3.18. The molecule has 0 bridgehead atoms. The number of hydrogen-bond donors (Lipinski definition) is 1. The van der Waals surface area contributed by atoms with Gasteiger partial charge in [-0.2, -0.15) is 0 Å². The number of hydrazine groups is 1. The molecule has 0 aliphatic rings. The molecule has 3 nitrogen and oxygen atoms in total. The Morgan fingerprint density at radius 3 is 2.43 bits per heavy atom. The molecule has 0 rings (SSSR count). The minimum atomic E-state index is 0.00273. The summed E-state index contributed by atoms with van der Waals surface area (Å²) < 4.78 is 0. The highest BCUT2D eigenvalue weighted by Crippen LogP contribution is 1.97. The molecule has 14 heavy (non-hydrogen) atoms. The standard InChI is InChI=1S/C11H22N2O/c1-5-7-8-12-13(9-6-2)11(14)10(3)4/h12H,3,5-9H2,1-2,4H3. The van der Waals surface area contributed by atoms with Crippen LogP contribution in [0.3, 0.4) is 0 Å². The first-order valence-electron chi connectivity index (χ1n) is 5.34. The number of unbranched alkanes of at least 4 members (excludes halogenated alkanes) is 1. The number of hydrogen-bond acceptors (Lipinski definition) is 2. The third kappa shape index (κ3) is 5.02. The lowest BCUT2D eigenvalue weighted by Crippen LogP contribution is -2.44. The van der Waals surface area contributed by atoms with Gasteiger partial charge in [-0.15, -0.1) is 0 Å². The van der Waals surface area contributed by atoms with Gasteiger partial charge in [-0.3, -0.25) is 9.80 Å².